The predicted molar refractivity (Wildman–Crippen MR) is 123 cm³/mol. The van der Waals surface area contributed by atoms with E-state index >= 15 is 0 Å². The van der Waals surface area contributed by atoms with E-state index in [1.54, 1.807) is 0 Å². The molecular formula is C24H41IO3. The highest BCUT2D eigenvalue weighted by molar-refractivity contribution is 14.1. The molecule has 3 nitrogen and oxygen atoms in total. The summed E-state index contributed by atoms with van der Waals surface area (Å²) in [4.78, 5) is 11.8. The summed E-state index contributed by atoms with van der Waals surface area (Å²) in [6.45, 7) is 14.6. The van der Waals surface area contributed by atoms with Crippen LogP contribution >= 0.6 is 22.6 Å². The van der Waals surface area contributed by atoms with Crippen molar-refractivity contribution in [1.29, 1.82) is 0 Å². The number of esters is 1. The SMILES string of the molecule is CCOC(=O)CCC(I)C1(C)CCC2C(C)(CCC3C(C)(C)CCCC32C)O1. The van der Waals surface area contributed by atoms with Gasteiger partial charge in [0, 0.05) is 10.3 Å². The summed E-state index contributed by atoms with van der Waals surface area (Å²) < 4.78 is 12.5. The number of rotatable bonds is 5. The van der Waals surface area contributed by atoms with Gasteiger partial charge in [-0.05, 0) is 88.4 Å². The Morgan fingerprint density at radius 3 is 2.43 bits per heavy atom. The fourth-order valence-electron chi connectivity index (χ4n) is 7.38. The van der Waals surface area contributed by atoms with Gasteiger partial charge >= 0.3 is 5.97 Å². The van der Waals surface area contributed by atoms with Crippen molar-refractivity contribution in [3.63, 3.8) is 0 Å². The summed E-state index contributed by atoms with van der Waals surface area (Å²) >= 11 is 2.52. The van der Waals surface area contributed by atoms with Gasteiger partial charge in [0.2, 0.25) is 0 Å². The molecule has 2 aliphatic carbocycles. The first-order valence-electron chi connectivity index (χ1n) is 11.5. The highest BCUT2D eigenvalue weighted by atomic mass is 127. The van der Waals surface area contributed by atoms with Gasteiger partial charge in [-0.3, -0.25) is 4.79 Å². The van der Waals surface area contributed by atoms with Crippen LogP contribution < -0.4 is 0 Å². The smallest absolute Gasteiger partial charge is 0.305 e. The Balaban J connectivity index is 1.73. The minimum Gasteiger partial charge on any atom is -0.466 e. The van der Waals surface area contributed by atoms with Crippen LogP contribution in [0.2, 0.25) is 0 Å². The number of carbonyl (C=O) groups is 1. The molecule has 28 heavy (non-hydrogen) atoms. The van der Waals surface area contributed by atoms with Crippen LogP contribution in [0.3, 0.4) is 0 Å². The first kappa shape index (κ1) is 22.8. The van der Waals surface area contributed by atoms with E-state index in [0.29, 0.717) is 33.7 Å². The van der Waals surface area contributed by atoms with Crippen molar-refractivity contribution in [2.24, 2.45) is 22.7 Å². The molecule has 2 saturated carbocycles. The van der Waals surface area contributed by atoms with Gasteiger partial charge in [-0.25, -0.2) is 0 Å². The molecule has 1 aliphatic heterocycles. The van der Waals surface area contributed by atoms with E-state index in [9.17, 15) is 4.79 Å². The molecule has 6 unspecified atom stereocenters. The minimum atomic E-state index is -0.147. The van der Waals surface area contributed by atoms with Crippen LogP contribution in [0.1, 0.15) is 99.3 Å². The normalized spacial score (nSPS) is 43.5. The standard InChI is InChI=1S/C24H41IO3/c1-7-27-20(26)10-9-19(25)24(6)16-12-18-22(4)14-8-13-21(2,3)17(22)11-15-23(18,5)28-24/h17-19H,7-16H2,1-6H3. The first-order valence-corrected chi connectivity index (χ1v) is 12.7. The molecule has 0 aromatic heterocycles. The van der Waals surface area contributed by atoms with Gasteiger partial charge in [-0.15, -0.1) is 0 Å². The molecule has 0 radical (unpaired) electrons. The van der Waals surface area contributed by atoms with Crippen molar-refractivity contribution < 1.29 is 14.3 Å². The molecule has 0 amide bonds. The average Bonchev–Trinajstić information content (AvgIpc) is 2.58. The second-order valence-corrected chi connectivity index (χ2v) is 12.6. The van der Waals surface area contributed by atoms with Crippen LogP contribution in [0.25, 0.3) is 0 Å². The molecule has 3 fully saturated rings. The molecule has 0 bridgehead atoms. The van der Waals surface area contributed by atoms with Crippen molar-refractivity contribution in [3.05, 3.63) is 0 Å². The lowest BCUT2D eigenvalue weighted by molar-refractivity contribution is -0.264. The molecule has 4 heteroatoms. The Kier molecular flexibility index (Phi) is 6.54. The van der Waals surface area contributed by atoms with E-state index < -0.39 is 0 Å². The number of carbonyl (C=O) groups excluding carboxylic acids is 1. The largest absolute Gasteiger partial charge is 0.466 e. The monoisotopic (exact) mass is 504 g/mol. The lowest BCUT2D eigenvalue weighted by atomic mass is 9.44. The Labute approximate surface area is 186 Å². The Morgan fingerprint density at radius 2 is 1.75 bits per heavy atom. The molecule has 0 spiro atoms. The summed E-state index contributed by atoms with van der Waals surface area (Å²) in [5.74, 6) is 1.39. The van der Waals surface area contributed by atoms with Crippen LogP contribution in [0, 0.1) is 22.7 Å². The number of fused-ring (bicyclic) bond motifs is 3. The van der Waals surface area contributed by atoms with Gasteiger partial charge in [-0.2, -0.15) is 0 Å². The average molecular weight is 504 g/mol. The number of alkyl halides is 1. The summed E-state index contributed by atoms with van der Waals surface area (Å²) in [6.07, 6.45) is 10.3. The van der Waals surface area contributed by atoms with E-state index in [0.717, 1.165) is 18.8 Å². The third-order valence-corrected chi connectivity index (χ3v) is 10.6. The molecule has 1 heterocycles. The molecule has 0 aromatic rings. The first-order chi connectivity index (χ1) is 13.0. The molecule has 0 N–H and O–H groups in total. The summed E-state index contributed by atoms with van der Waals surface area (Å²) in [5.41, 5.74) is 0.688. The zero-order chi connectivity index (χ0) is 20.8. The number of hydrogen-bond donors (Lipinski definition) is 0. The Hall–Kier alpha value is 0.160. The topological polar surface area (TPSA) is 35.5 Å². The molecule has 162 valence electrons. The fraction of sp³-hybridized carbons (Fsp3) is 0.958. The quantitative estimate of drug-likeness (QED) is 0.237. The third kappa shape index (κ3) is 4.02. The van der Waals surface area contributed by atoms with Crippen LogP contribution in [-0.2, 0) is 14.3 Å². The van der Waals surface area contributed by atoms with Crippen LogP contribution in [0.5, 0.6) is 0 Å². The predicted octanol–water partition coefficient (Wildman–Crippen LogP) is 6.70. The lowest BCUT2D eigenvalue weighted by Gasteiger charge is -2.65. The fourth-order valence-corrected chi connectivity index (χ4v) is 8.13. The molecule has 6 atom stereocenters. The van der Waals surface area contributed by atoms with Gasteiger partial charge in [0.25, 0.3) is 0 Å². The highest BCUT2D eigenvalue weighted by Gasteiger charge is 2.62. The van der Waals surface area contributed by atoms with E-state index in [1.165, 1.54) is 38.5 Å². The second-order valence-electron chi connectivity index (χ2n) is 11.1. The molecule has 3 aliphatic rings. The maximum atomic E-state index is 11.8. The molecule has 0 aromatic carbocycles. The molecule has 1 saturated heterocycles. The van der Waals surface area contributed by atoms with E-state index in [1.807, 2.05) is 6.92 Å². The molecular weight excluding hydrogens is 463 g/mol. The van der Waals surface area contributed by atoms with Crippen molar-refractivity contribution in [2.75, 3.05) is 6.61 Å². The van der Waals surface area contributed by atoms with Gasteiger partial charge in [-0.1, -0.05) is 49.8 Å². The highest BCUT2D eigenvalue weighted by Crippen LogP contribution is 2.65. The summed E-state index contributed by atoms with van der Waals surface area (Å²) in [6, 6.07) is 0. The zero-order valence-electron chi connectivity index (χ0n) is 18.9. The summed E-state index contributed by atoms with van der Waals surface area (Å²) in [7, 11) is 0. The van der Waals surface area contributed by atoms with Crippen molar-refractivity contribution in [2.45, 2.75) is 114 Å². The van der Waals surface area contributed by atoms with E-state index in [-0.39, 0.29) is 17.2 Å². The van der Waals surface area contributed by atoms with E-state index in [2.05, 4.69) is 57.2 Å². The van der Waals surface area contributed by atoms with E-state index in [4.69, 9.17) is 9.47 Å². The Morgan fingerprint density at radius 1 is 1.07 bits per heavy atom. The van der Waals surface area contributed by atoms with Crippen LogP contribution in [-0.4, -0.2) is 27.7 Å². The lowest BCUT2D eigenvalue weighted by Crippen LogP contribution is -2.64. The van der Waals surface area contributed by atoms with Gasteiger partial charge in [0.05, 0.1) is 17.8 Å². The maximum absolute atomic E-state index is 11.8. The van der Waals surface area contributed by atoms with Crippen molar-refractivity contribution in [1.82, 2.24) is 0 Å². The van der Waals surface area contributed by atoms with Gasteiger partial charge in [0.1, 0.15) is 0 Å². The molecule has 3 rings (SSSR count). The third-order valence-electron chi connectivity index (χ3n) is 8.70. The van der Waals surface area contributed by atoms with Gasteiger partial charge in [0.15, 0.2) is 0 Å². The Bertz CT molecular complexity index is 590. The van der Waals surface area contributed by atoms with Crippen molar-refractivity contribution >= 4 is 28.6 Å². The van der Waals surface area contributed by atoms with Gasteiger partial charge < -0.3 is 9.47 Å². The zero-order valence-corrected chi connectivity index (χ0v) is 21.1. The number of halogens is 1. The van der Waals surface area contributed by atoms with Crippen molar-refractivity contribution in [3.8, 4) is 0 Å². The van der Waals surface area contributed by atoms with Crippen LogP contribution in [0.15, 0.2) is 0 Å². The van der Waals surface area contributed by atoms with Crippen LogP contribution in [0.4, 0.5) is 0 Å². The summed E-state index contributed by atoms with van der Waals surface area (Å²) in [5, 5.41) is 0. The minimum absolute atomic E-state index is 0.0288. The second kappa shape index (κ2) is 8.01. The number of hydrogen-bond acceptors (Lipinski definition) is 3. The maximum Gasteiger partial charge on any atom is 0.305 e. The number of ether oxygens (including phenoxy) is 2.